The van der Waals surface area contributed by atoms with Crippen molar-refractivity contribution in [2.75, 3.05) is 24.7 Å². The summed E-state index contributed by atoms with van der Waals surface area (Å²) in [5.41, 5.74) is 6.32. The molecule has 3 N–H and O–H groups in total. The Bertz CT molecular complexity index is 622. The van der Waals surface area contributed by atoms with E-state index >= 15 is 0 Å². The van der Waals surface area contributed by atoms with E-state index in [4.69, 9.17) is 22.1 Å². The second-order valence-electron chi connectivity index (χ2n) is 4.15. The summed E-state index contributed by atoms with van der Waals surface area (Å²) in [4.78, 5) is 13.2. The van der Waals surface area contributed by atoms with Crippen molar-refractivity contribution in [1.29, 1.82) is 0 Å². The number of nitrogen functional groups attached to an aromatic ring is 1. The van der Waals surface area contributed by atoms with Crippen molar-refractivity contribution >= 4 is 50.7 Å². The molecule has 0 aromatic carbocycles. The third-order valence-corrected chi connectivity index (χ3v) is 5.25. The first kappa shape index (κ1) is 15.2. The van der Waals surface area contributed by atoms with Gasteiger partial charge in [-0.25, -0.2) is 0 Å². The maximum atomic E-state index is 11.5. The standard InChI is InChI=1S/C13H15ClN2O2S2/c1-7(17)12-10(15)11(18-2)13(20-12)16-6-5-8-3-4-9(14)19-8/h3-4,16H,5-6,15H2,1-2H3. The molecule has 0 aliphatic heterocycles. The minimum atomic E-state index is -0.0520. The number of methoxy groups -OCH3 is 1. The zero-order valence-corrected chi connectivity index (χ0v) is 13.5. The molecule has 0 fully saturated rings. The van der Waals surface area contributed by atoms with Crippen LogP contribution >= 0.6 is 34.3 Å². The Morgan fingerprint density at radius 1 is 1.45 bits per heavy atom. The molecule has 0 saturated carbocycles. The van der Waals surface area contributed by atoms with Crippen LogP contribution in [-0.2, 0) is 6.42 Å². The zero-order valence-electron chi connectivity index (χ0n) is 11.2. The van der Waals surface area contributed by atoms with Crippen LogP contribution in [-0.4, -0.2) is 19.4 Å². The Hall–Kier alpha value is -1.24. The van der Waals surface area contributed by atoms with Gasteiger partial charge in [0.1, 0.15) is 5.00 Å². The molecule has 0 bridgehead atoms. The van der Waals surface area contributed by atoms with Gasteiger partial charge in [-0.3, -0.25) is 4.79 Å². The lowest BCUT2D eigenvalue weighted by atomic mass is 10.3. The summed E-state index contributed by atoms with van der Waals surface area (Å²) in [7, 11) is 1.55. The van der Waals surface area contributed by atoms with E-state index in [-0.39, 0.29) is 5.78 Å². The van der Waals surface area contributed by atoms with Crippen LogP contribution < -0.4 is 15.8 Å². The van der Waals surface area contributed by atoms with E-state index in [0.29, 0.717) is 16.3 Å². The molecule has 0 amide bonds. The first-order chi connectivity index (χ1) is 9.52. The van der Waals surface area contributed by atoms with E-state index in [9.17, 15) is 4.79 Å². The van der Waals surface area contributed by atoms with Crippen LogP contribution in [0.25, 0.3) is 0 Å². The van der Waals surface area contributed by atoms with Crippen LogP contribution in [0.2, 0.25) is 4.34 Å². The first-order valence-corrected chi connectivity index (χ1v) is 7.99. The molecule has 0 saturated heterocycles. The van der Waals surface area contributed by atoms with Crippen LogP contribution in [0.1, 0.15) is 21.5 Å². The first-order valence-electron chi connectivity index (χ1n) is 5.98. The van der Waals surface area contributed by atoms with Crippen molar-refractivity contribution in [2.45, 2.75) is 13.3 Å². The number of ketones is 1. The Kier molecular flexibility index (Phi) is 4.91. The van der Waals surface area contributed by atoms with Gasteiger partial charge < -0.3 is 15.8 Å². The third-order valence-electron chi connectivity index (χ3n) is 2.71. The highest BCUT2D eigenvalue weighted by Gasteiger charge is 2.19. The van der Waals surface area contributed by atoms with Crippen LogP contribution in [0.3, 0.4) is 0 Å². The number of hydrogen-bond donors (Lipinski definition) is 2. The van der Waals surface area contributed by atoms with Crippen LogP contribution in [0.4, 0.5) is 10.7 Å². The smallest absolute Gasteiger partial charge is 0.176 e. The van der Waals surface area contributed by atoms with Gasteiger partial charge in [-0.05, 0) is 18.6 Å². The van der Waals surface area contributed by atoms with Crippen molar-refractivity contribution < 1.29 is 9.53 Å². The summed E-state index contributed by atoms with van der Waals surface area (Å²) in [6, 6.07) is 3.90. The molecular weight excluding hydrogens is 316 g/mol. The molecule has 2 aromatic heterocycles. The number of hydrogen-bond acceptors (Lipinski definition) is 6. The lowest BCUT2D eigenvalue weighted by Gasteiger charge is -2.06. The molecule has 0 atom stereocenters. The number of Topliss-reactive ketones (excluding diaryl/α,β-unsaturated/α-hetero) is 1. The van der Waals surface area contributed by atoms with Gasteiger partial charge in [0.15, 0.2) is 11.5 Å². The van der Waals surface area contributed by atoms with Crippen molar-refractivity contribution in [1.82, 2.24) is 0 Å². The number of thiophene rings is 2. The second-order valence-corrected chi connectivity index (χ2v) is 6.97. The summed E-state index contributed by atoms with van der Waals surface area (Å²) in [6.07, 6.45) is 0.855. The van der Waals surface area contributed by atoms with E-state index < -0.39 is 0 Å². The minimum Gasteiger partial charge on any atom is -0.492 e. The highest BCUT2D eigenvalue weighted by atomic mass is 35.5. The number of rotatable bonds is 6. The molecule has 0 spiro atoms. The van der Waals surface area contributed by atoms with Gasteiger partial charge in [0.05, 0.1) is 22.0 Å². The highest BCUT2D eigenvalue weighted by Crippen LogP contribution is 2.42. The number of carbonyl (C=O) groups excluding carboxylic acids is 1. The van der Waals surface area contributed by atoms with Crippen molar-refractivity contribution in [2.24, 2.45) is 0 Å². The molecule has 7 heteroatoms. The predicted octanol–water partition coefficient (Wildman–Crippen LogP) is 3.91. The van der Waals surface area contributed by atoms with Gasteiger partial charge >= 0.3 is 0 Å². The number of carbonyl (C=O) groups is 1. The molecule has 2 aromatic rings. The third kappa shape index (κ3) is 3.26. The van der Waals surface area contributed by atoms with Crippen molar-refractivity contribution in [3.8, 4) is 5.75 Å². The maximum absolute atomic E-state index is 11.5. The summed E-state index contributed by atoms with van der Waals surface area (Å²) in [5.74, 6) is 0.494. The predicted molar refractivity (Wildman–Crippen MR) is 86.8 cm³/mol. The quantitative estimate of drug-likeness (QED) is 0.788. The number of nitrogens with one attached hydrogen (secondary N) is 1. The largest absolute Gasteiger partial charge is 0.492 e. The highest BCUT2D eigenvalue weighted by molar-refractivity contribution is 7.19. The summed E-state index contributed by atoms with van der Waals surface area (Å²) < 4.78 is 6.05. The van der Waals surface area contributed by atoms with E-state index in [1.807, 2.05) is 12.1 Å². The molecule has 0 aliphatic rings. The van der Waals surface area contributed by atoms with Crippen LogP contribution in [0, 0.1) is 0 Å². The number of halogens is 1. The van der Waals surface area contributed by atoms with Crippen molar-refractivity contribution in [3.63, 3.8) is 0 Å². The number of anilines is 2. The fourth-order valence-corrected chi connectivity index (χ4v) is 3.89. The Morgan fingerprint density at radius 2 is 2.20 bits per heavy atom. The van der Waals surface area contributed by atoms with E-state index in [1.165, 1.54) is 23.1 Å². The van der Waals surface area contributed by atoms with E-state index in [0.717, 1.165) is 22.3 Å². The normalized spacial score (nSPS) is 10.6. The number of nitrogens with two attached hydrogens (primary N) is 1. The number of ether oxygens (including phenoxy) is 1. The SMILES string of the molecule is COc1c(NCCc2ccc(Cl)s2)sc(C(C)=O)c1N. The molecule has 108 valence electrons. The molecule has 4 nitrogen and oxygen atoms in total. The Morgan fingerprint density at radius 3 is 2.75 bits per heavy atom. The average molecular weight is 331 g/mol. The molecule has 2 rings (SSSR count). The van der Waals surface area contributed by atoms with E-state index in [2.05, 4.69) is 5.32 Å². The van der Waals surface area contributed by atoms with Crippen LogP contribution in [0.5, 0.6) is 5.75 Å². The lowest BCUT2D eigenvalue weighted by molar-refractivity contribution is 0.102. The van der Waals surface area contributed by atoms with Gasteiger partial charge in [-0.2, -0.15) is 0 Å². The maximum Gasteiger partial charge on any atom is 0.176 e. The fourth-order valence-electron chi connectivity index (χ4n) is 1.79. The van der Waals surface area contributed by atoms with E-state index in [1.54, 1.807) is 18.4 Å². The molecule has 2 heterocycles. The zero-order chi connectivity index (χ0) is 14.7. The summed E-state index contributed by atoms with van der Waals surface area (Å²) in [5, 5.41) is 4.05. The average Bonchev–Trinajstić information content (AvgIpc) is 2.94. The Labute approximate surface area is 130 Å². The lowest BCUT2D eigenvalue weighted by Crippen LogP contribution is -2.03. The van der Waals surface area contributed by atoms with Gasteiger partial charge in [0.2, 0.25) is 0 Å². The topological polar surface area (TPSA) is 64.3 Å². The minimum absolute atomic E-state index is 0.0520. The monoisotopic (exact) mass is 330 g/mol. The van der Waals surface area contributed by atoms with Gasteiger partial charge in [0.25, 0.3) is 0 Å². The molecule has 20 heavy (non-hydrogen) atoms. The summed E-state index contributed by atoms with van der Waals surface area (Å²) in [6.45, 7) is 2.23. The van der Waals surface area contributed by atoms with Gasteiger partial charge in [-0.1, -0.05) is 11.6 Å². The second kappa shape index (κ2) is 6.47. The molecule has 0 radical (unpaired) electrons. The van der Waals surface area contributed by atoms with Crippen molar-refractivity contribution in [3.05, 3.63) is 26.2 Å². The van der Waals surface area contributed by atoms with Gasteiger partial charge in [-0.15, -0.1) is 22.7 Å². The summed E-state index contributed by atoms with van der Waals surface area (Å²) >= 11 is 8.78. The molecule has 0 unspecified atom stereocenters. The van der Waals surface area contributed by atoms with Gasteiger partial charge in [0, 0.05) is 18.3 Å². The fraction of sp³-hybridized carbons (Fsp3) is 0.308. The Balaban J connectivity index is 2.05. The molecule has 0 aliphatic carbocycles. The molecular formula is C13H15ClN2O2S2. The van der Waals surface area contributed by atoms with Crippen LogP contribution in [0.15, 0.2) is 12.1 Å².